The molecule has 0 aliphatic heterocycles. The van der Waals surface area contributed by atoms with Crippen LogP contribution in [0.15, 0.2) is 95.9 Å². The number of hydrogen-bond acceptors (Lipinski definition) is 5. The van der Waals surface area contributed by atoms with Crippen molar-refractivity contribution in [3.63, 3.8) is 0 Å². The van der Waals surface area contributed by atoms with Crippen molar-refractivity contribution in [2.75, 3.05) is 10.6 Å². The minimum Gasteiger partial charge on any atom is -0.341 e. The van der Waals surface area contributed by atoms with Gasteiger partial charge in [-0.3, -0.25) is 19.7 Å². The van der Waals surface area contributed by atoms with Gasteiger partial charge in [0.25, 0.3) is 11.6 Å². The molecule has 2 amide bonds. The fraction of sp³-hybridized carbons (Fsp3) is 0.161. The third-order valence-corrected chi connectivity index (χ3v) is 8.07. The number of fused-ring (bicyclic) bond motifs is 3. The number of non-ortho nitro benzene ring substituents is 1. The lowest BCUT2D eigenvalue weighted by Gasteiger charge is -2.16. The maximum absolute atomic E-state index is 13.3. The molecule has 202 valence electrons. The van der Waals surface area contributed by atoms with Gasteiger partial charge in [-0.15, -0.1) is 11.8 Å². The number of aromatic nitrogens is 1. The second kappa shape index (κ2) is 11.6. The lowest BCUT2D eigenvalue weighted by Crippen LogP contribution is -2.24. The van der Waals surface area contributed by atoms with Crippen LogP contribution < -0.4 is 10.6 Å². The zero-order chi connectivity index (χ0) is 28.2. The Balaban J connectivity index is 1.30. The SMILES string of the molecule is CCC(Sc1cccc(NC(=O)c2cccc([N+](=O)[O-])c2)c1)C(=O)Nc1ccc2c(c1)c1ccccc1n2CC. The molecule has 1 heterocycles. The Morgan fingerprint density at radius 3 is 2.38 bits per heavy atom. The van der Waals surface area contributed by atoms with E-state index in [1.165, 1.54) is 41.5 Å². The van der Waals surface area contributed by atoms with Crippen molar-refractivity contribution < 1.29 is 14.5 Å². The number of para-hydroxylation sites is 1. The second-order valence-corrected chi connectivity index (χ2v) is 10.6. The van der Waals surface area contributed by atoms with Crippen LogP contribution in [0.5, 0.6) is 0 Å². The van der Waals surface area contributed by atoms with Crippen LogP contribution in [0.25, 0.3) is 21.8 Å². The zero-order valence-corrected chi connectivity index (χ0v) is 22.9. The molecule has 1 unspecified atom stereocenters. The molecule has 0 aliphatic carbocycles. The summed E-state index contributed by atoms with van der Waals surface area (Å²) in [6.07, 6.45) is 0.609. The number of amides is 2. The van der Waals surface area contributed by atoms with E-state index in [-0.39, 0.29) is 22.4 Å². The summed E-state index contributed by atoms with van der Waals surface area (Å²) in [6.45, 7) is 4.94. The molecular weight excluding hydrogens is 524 g/mol. The van der Waals surface area contributed by atoms with Crippen LogP contribution >= 0.6 is 11.8 Å². The Bertz CT molecular complexity index is 1750. The van der Waals surface area contributed by atoms with Crippen molar-refractivity contribution in [2.24, 2.45) is 0 Å². The van der Waals surface area contributed by atoms with Gasteiger partial charge >= 0.3 is 0 Å². The summed E-state index contributed by atoms with van der Waals surface area (Å²) in [5, 5.41) is 18.8. The summed E-state index contributed by atoms with van der Waals surface area (Å²) in [6, 6.07) is 27.1. The number of benzene rings is 4. The number of nitro benzene ring substituents is 1. The lowest BCUT2D eigenvalue weighted by molar-refractivity contribution is -0.384. The van der Waals surface area contributed by atoms with Crippen molar-refractivity contribution in [2.45, 2.75) is 37.0 Å². The first-order valence-electron chi connectivity index (χ1n) is 13.0. The van der Waals surface area contributed by atoms with E-state index in [1.807, 2.05) is 37.3 Å². The van der Waals surface area contributed by atoms with Crippen molar-refractivity contribution >= 4 is 62.4 Å². The minimum atomic E-state index is -0.536. The van der Waals surface area contributed by atoms with Gasteiger partial charge in [-0.05, 0) is 61.9 Å². The number of anilines is 2. The Hall–Kier alpha value is -4.63. The third kappa shape index (κ3) is 5.55. The predicted molar refractivity (Wildman–Crippen MR) is 161 cm³/mol. The highest BCUT2D eigenvalue weighted by Gasteiger charge is 2.20. The van der Waals surface area contributed by atoms with Crippen molar-refractivity contribution in [1.82, 2.24) is 4.57 Å². The molecule has 40 heavy (non-hydrogen) atoms. The molecule has 5 rings (SSSR count). The smallest absolute Gasteiger partial charge is 0.270 e. The molecule has 0 saturated heterocycles. The van der Waals surface area contributed by atoms with E-state index in [1.54, 1.807) is 18.2 Å². The lowest BCUT2D eigenvalue weighted by atomic mass is 10.1. The summed E-state index contributed by atoms with van der Waals surface area (Å²) in [7, 11) is 0. The van der Waals surface area contributed by atoms with Crippen LogP contribution in [-0.4, -0.2) is 26.6 Å². The standard InChI is InChI=1S/C31H28N4O4S/c1-3-29(31(37)33-22-15-16-28-26(19-22)25-13-5-6-14-27(25)34(28)4-2)40-24-12-8-10-21(18-24)32-30(36)20-9-7-11-23(17-20)35(38)39/h5-19,29H,3-4H2,1-2H3,(H,32,36)(H,33,37). The molecule has 0 fully saturated rings. The van der Waals surface area contributed by atoms with Gasteiger partial charge in [0.1, 0.15) is 0 Å². The van der Waals surface area contributed by atoms with Crippen LogP contribution in [0.1, 0.15) is 30.6 Å². The first kappa shape index (κ1) is 27.0. The van der Waals surface area contributed by atoms with Crippen molar-refractivity contribution in [3.05, 3.63) is 107 Å². The van der Waals surface area contributed by atoms with Crippen molar-refractivity contribution in [1.29, 1.82) is 0 Å². The number of carbonyl (C=O) groups excluding carboxylic acids is 2. The predicted octanol–water partition coefficient (Wildman–Crippen LogP) is 7.48. The molecule has 0 spiro atoms. The molecule has 2 N–H and O–H groups in total. The van der Waals surface area contributed by atoms with E-state index in [2.05, 4.69) is 40.3 Å². The number of carbonyl (C=O) groups is 2. The second-order valence-electron chi connectivity index (χ2n) is 9.29. The van der Waals surface area contributed by atoms with Gasteiger partial charge in [-0.1, -0.05) is 37.3 Å². The summed E-state index contributed by atoms with van der Waals surface area (Å²) in [5.74, 6) is -0.549. The zero-order valence-electron chi connectivity index (χ0n) is 22.1. The number of nitrogens with zero attached hydrogens (tertiary/aromatic N) is 2. The van der Waals surface area contributed by atoms with Gasteiger partial charge in [0.2, 0.25) is 5.91 Å². The molecule has 0 aliphatic rings. The molecule has 0 saturated carbocycles. The molecule has 8 nitrogen and oxygen atoms in total. The van der Waals surface area contributed by atoms with Crippen LogP contribution in [0.2, 0.25) is 0 Å². The largest absolute Gasteiger partial charge is 0.341 e. The fourth-order valence-corrected chi connectivity index (χ4v) is 5.81. The van der Waals surface area contributed by atoms with Crippen LogP contribution in [0.3, 0.4) is 0 Å². The van der Waals surface area contributed by atoms with Crippen LogP contribution in [0, 0.1) is 10.1 Å². The number of nitrogens with one attached hydrogen (secondary N) is 2. The van der Waals surface area contributed by atoms with E-state index in [4.69, 9.17) is 0 Å². The number of aryl methyl sites for hydroxylation is 1. The summed E-state index contributed by atoms with van der Waals surface area (Å²) in [5.41, 5.74) is 3.62. The van der Waals surface area contributed by atoms with E-state index in [0.29, 0.717) is 12.1 Å². The maximum atomic E-state index is 13.3. The number of hydrogen-bond donors (Lipinski definition) is 2. The normalized spacial score (nSPS) is 11.8. The highest BCUT2D eigenvalue weighted by molar-refractivity contribution is 8.00. The highest BCUT2D eigenvalue weighted by Crippen LogP contribution is 2.32. The Morgan fingerprint density at radius 1 is 0.850 bits per heavy atom. The van der Waals surface area contributed by atoms with Gasteiger partial charge in [-0.2, -0.15) is 0 Å². The van der Waals surface area contributed by atoms with Gasteiger partial charge in [-0.25, -0.2) is 0 Å². The van der Waals surface area contributed by atoms with Crippen LogP contribution in [0.4, 0.5) is 17.1 Å². The number of thioether (sulfide) groups is 1. The van der Waals surface area contributed by atoms with Gasteiger partial charge in [0.15, 0.2) is 0 Å². The Labute approximate surface area is 235 Å². The molecule has 1 aromatic heterocycles. The molecular formula is C31H28N4O4S. The topological polar surface area (TPSA) is 106 Å². The minimum absolute atomic E-state index is 0.0999. The van der Waals surface area contributed by atoms with Crippen molar-refractivity contribution in [3.8, 4) is 0 Å². The van der Waals surface area contributed by atoms with E-state index in [0.717, 1.165) is 33.4 Å². The monoisotopic (exact) mass is 552 g/mol. The Morgan fingerprint density at radius 2 is 1.60 bits per heavy atom. The molecule has 4 aromatic carbocycles. The molecule has 5 aromatic rings. The average Bonchev–Trinajstić information content (AvgIpc) is 3.29. The molecule has 0 radical (unpaired) electrons. The van der Waals surface area contributed by atoms with Crippen LogP contribution in [-0.2, 0) is 11.3 Å². The summed E-state index contributed by atoms with van der Waals surface area (Å²) in [4.78, 5) is 37.3. The maximum Gasteiger partial charge on any atom is 0.270 e. The molecule has 9 heteroatoms. The highest BCUT2D eigenvalue weighted by atomic mass is 32.2. The van der Waals surface area contributed by atoms with Gasteiger partial charge < -0.3 is 15.2 Å². The number of nitro groups is 1. The van der Waals surface area contributed by atoms with E-state index in [9.17, 15) is 19.7 Å². The fourth-order valence-electron chi connectivity index (χ4n) is 4.79. The van der Waals surface area contributed by atoms with E-state index < -0.39 is 10.8 Å². The summed E-state index contributed by atoms with van der Waals surface area (Å²) < 4.78 is 2.27. The quantitative estimate of drug-likeness (QED) is 0.112. The molecule has 0 bridgehead atoms. The third-order valence-electron chi connectivity index (χ3n) is 6.71. The van der Waals surface area contributed by atoms with Gasteiger partial charge in [0, 0.05) is 62.3 Å². The van der Waals surface area contributed by atoms with Gasteiger partial charge in [0.05, 0.1) is 10.2 Å². The first-order chi connectivity index (χ1) is 19.4. The first-order valence-corrected chi connectivity index (χ1v) is 13.9. The average molecular weight is 553 g/mol. The summed E-state index contributed by atoms with van der Waals surface area (Å²) >= 11 is 1.42. The van der Waals surface area contributed by atoms with E-state index >= 15 is 0 Å². The molecule has 1 atom stereocenters. The number of rotatable bonds is 9. The Kier molecular flexibility index (Phi) is 7.84.